The van der Waals surface area contributed by atoms with E-state index in [4.69, 9.17) is 16.3 Å². The predicted molar refractivity (Wildman–Crippen MR) is 145 cm³/mol. The molecule has 1 saturated carbocycles. The van der Waals surface area contributed by atoms with Crippen molar-refractivity contribution in [3.05, 3.63) is 53.0 Å². The first-order valence-electron chi connectivity index (χ1n) is 13.2. The Morgan fingerprint density at radius 2 is 1.97 bits per heavy atom. The number of amides is 1. The van der Waals surface area contributed by atoms with Gasteiger partial charge in [-0.25, -0.2) is 9.37 Å². The van der Waals surface area contributed by atoms with Crippen molar-refractivity contribution in [2.75, 3.05) is 11.9 Å². The summed E-state index contributed by atoms with van der Waals surface area (Å²) in [7, 11) is 0. The number of halogens is 2. The number of unbranched alkanes of at least 4 members (excludes halogenated alkanes) is 1. The maximum absolute atomic E-state index is 14.8. The van der Waals surface area contributed by atoms with Crippen LogP contribution in [0, 0.1) is 11.7 Å². The first kappa shape index (κ1) is 28.0. The molecule has 1 amide bonds. The molecule has 1 aliphatic rings. The summed E-state index contributed by atoms with van der Waals surface area (Å²) in [4.78, 5) is 19.8. The highest BCUT2D eigenvalue weighted by molar-refractivity contribution is 6.33. The van der Waals surface area contributed by atoms with Gasteiger partial charge in [0.2, 0.25) is 5.82 Å². The summed E-state index contributed by atoms with van der Waals surface area (Å²) < 4.78 is 20.6. The standard InChI is InChI=1S/C28H35ClFN5O3/c1-28(2,37)12-6-7-13-38-19-10-11-22(29)20(15-19)21-16-24(31-17-23(21)30)33-27(36)26-32-25(34-35-26)14-18-8-4-3-5-9-18/h10-11,15-18,37H,3-9,12-14H2,1-2H3,(H,31,33,36)(H,32,34,35). The van der Waals surface area contributed by atoms with Gasteiger partial charge in [-0.3, -0.25) is 4.79 Å². The fourth-order valence-corrected chi connectivity index (χ4v) is 4.91. The van der Waals surface area contributed by atoms with Crippen LogP contribution in [-0.2, 0) is 6.42 Å². The molecule has 204 valence electrons. The Balaban J connectivity index is 1.40. The number of benzene rings is 1. The second-order valence-corrected chi connectivity index (χ2v) is 11.0. The lowest BCUT2D eigenvalue weighted by Gasteiger charge is -2.19. The molecule has 0 bridgehead atoms. The second-order valence-electron chi connectivity index (χ2n) is 10.6. The van der Waals surface area contributed by atoms with E-state index < -0.39 is 17.3 Å². The Labute approximate surface area is 227 Å². The molecule has 0 aliphatic heterocycles. The molecule has 10 heteroatoms. The summed E-state index contributed by atoms with van der Waals surface area (Å²) in [5.41, 5.74) is -0.0989. The number of aliphatic hydroxyl groups is 1. The van der Waals surface area contributed by atoms with Gasteiger partial charge in [0.1, 0.15) is 23.2 Å². The number of aromatic nitrogens is 4. The molecular formula is C28H35ClFN5O3. The van der Waals surface area contributed by atoms with Crippen LogP contribution < -0.4 is 10.1 Å². The molecule has 2 heterocycles. The number of ether oxygens (including phenoxy) is 1. The molecule has 3 N–H and O–H groups in total. The van der Waals surface area contributed by atoms with Gasteiger partial charge in [-0.2, -0.15) is 0 Å². The van der Waals surface area contributed by atoms with E-state index in [9.17, 15) is 14.3 Å². The summed E-state index contributed by atoms with van der Waals surface area (Å²) in [6.07, 6.45) is 10.2. The minimum absolute atomic E-state index is 0.0847. The normalized spacial score (nSPS) is 14.4. The lowest BCUT2D eigenvalue weighted by Crippen LogP contribution is -2.18. The van der Waals surface area contributed by atoms with Crippen LogP contribution in [0.5, 0.6) is 5.75 Å². The summed E-state index contributed by atoms with van der Waals surface area (Å²) in [5, 5.41) is 20.9. The van der Waals surface area contributed by atoms with Gasteiger partial charge in [0.25, 0.3) is 5.91 Å². The summed E-state index contributed by atoms with van der Waals surface area (Å²) >= 11 is 6.39. The van der Waals surface area contributed by atoms with Gasteiger partial charge in [0.05, 0.1) is 18.4 Å². The number of pyridine rings is 1. The number of rotatable bonds is 11. The molecule has 0 spiro atoms. The van der Waals surface area contributed by atoms with Gasteiger partial charge in [-0.15, -0.1) is 10.2 Å². The van der Waals surface area contributed by atoms with E-state index in [0.29, 0.717) is 41.1 Å². The van der Waals surface area contributed by atoms with Crippen LogP contribution in [0.4, 0.5) is 10.2 Å². The molecular weight excluding hydrogens is 509 g/mol. The monoisotopic (exact) mass is 543 g/mol. The Hall–Kier alpha value is -3.04. The van der Waals surface area contributed by atoms with Gasteiger partial charge in [-0.1, -0.05) is 43.7 Å². The summed E-state index contributed by atoms with van der Waals surface area (Å²) in [6, 6.07) is 6.46. The van der Waals surface area contributed by atoms with Gasteiger partial charge in [0.15, 0.2) is 0 Å². The Morgan fingerprint density at radius 1 is 1.18 bits per heavy atom. The molecule has 0 atom stereocenters. The molecule has 38 heavy (non-hydrogen) atoms. The number of hydrogen-bond acceptors (Lipinski definition) is 6. The average Bonchev–Trinajstić information content (AvgIpc) is 3.34. The molecule has 8 nitrogen and oxygen atoms in total. The quantitative estimate of drug-likeness (QED) is 0.243. The number of carbonyl (C=O) groups excluding carboxylic acids is 1. The lowest BCUT2D eigenvalue weighted by atomic mass is 9.87. The van der Waals surface area contributed by atoms with E-state index in [2.05, 4.69) is 25.5 Å². The third-order valence-electron chi connectivity index (χ3n) is 6.73. The van der Waals surface area contributed by atoms with Crippen LogP contribution in [0.2, 0.25) is 5.02 Å². The van der Waals surface area contributed by atoms with E-state index in [1.807, 2.05) is 0 Å². The fourth-order valence-electron chi connectivity index (χ4n) is 4.69. The maximum atomic E-state index is 14.8. The van der Waals surface area contributed by atoms with Crippen molar-refractivity contribution in [3.63, 3.8) is 0 Å². The number of nitrogens with one attached hydrogen (secondary N) is 2. The molecule has 0 unspecified atom stereocenters. The molecule has 4 rings (SSSR count). The van der Waals surface area contributed by atoms with E-state index in [0.717, 1.165) is 25.5 Å². The lowest BCUT2D eigenvalue weighted by molar-refractivity contribution is 0.0670. The molecule has 2 aromatic heterocycles. The molecule has 1 fully saturated rings. The third-order valence-corrected chi connectivity index (χ3v) is 7.06. The van der Waals surface area contributed by atoms with E-state index >= 15 is 0 Å². The molecule has 3 aromatic rings. The van der Waals surface area contributed by atoms with Crippen molar-refractivity contribution in [3.8, 4) is 16.9 Å². The van der Waals surface area contributed by atoms with Crippen molar-refractivity contribution in [1.82, 2.24) is 20.2 Å². The Kier molecular flexibility index (Phi) is 9.33. The van der Waals surface area contributed by atoms with Crippen LogP contribution in [0.1, 0.15) is 81.7 Å². The SMILES string of the molecule is CC(C)(O)CCCCOc1ccc(Cl)c(-c2cc(NC(=O)c3nnc(CC4CCCCC4)[nH]3)ncc2F)c1. The van der Waals surface area contributed by atoms with Gasteiger partial charge < -0.3 is 20.1 Å². The van der Waals surface area contributed by atoms with Crippen LogP contribution in [0.15, 0.2) is 30.5 Å². The summed E-state index contributed by atoms with van der Waals surface area (Å²) in [5.74, 6) is 0.951. The maximum Gasteiger partial charge on any atom is 0.294 e. The molecule has 0 radical (unpaired) electrons. The second kappa shape index (κ2) is 12.7. The highest BCUT2D eigenvalue weighted by Gasteiger charge is 2.19. The zero-order chi connectivity index (χ0) is 27.1. The van der Waals surface area contributed by atoms with Crippen molar-refractivity contribution < 1.29 is 19.0 Å². The van der Waals surface area contributed by atoms with Crippen molar-refractivity contribution in [1.29, 1.82) is 0 Å². The fraction of sp³-hybridized carbons (Fsp3) is 0.500. The zero-order valence-electron chi connectivity index (χ0n) is 21.9. The Bertz CT molecular complexity index is 1240. The minimum Gasteiger partial charge on any atom is -0.494 e. The van der Waals surface area contributed by atoms with Crippen LogP contribution in [0.25, 0.3) is 11.1 Å². The topological polar surface area (TPSA) is 113 Å². The highest BCUT2D eigenvalue weighted by Crippen LogP contribution is 2.34. The summed E-state index contributed by atoms with van der Waals surface area (Å²) in [6.45, 7) is 4.01. The van der Waals surface area contributed by atoms with Gasteiger partial charge >= 0.3 is 0 Å². The Morgan fingerprint density at radius 3 is 2.74 bits per heavy atom. The van der Waals surface area contributed by atoms with Crippen molar-refractivity contribution >= 4 is 23.3 Å². The van der Waals surface area contributed by atoms with Crippen LogP contribution in [-0.4, -0.2) is 43.4 Å². The van der Waals surface area contributed by atoms with Gasteiger partial charge in [-0.05, 0) is 63.3 Å². The molecule has 1 aliphatic carbocycles. The first-order chi connectivity index (χ1) is 18.2. The zero-order valence-corrected chi connectivity index (χ0v) is 22.7. The largest absolute Gasteiger partial charge is 0.494 e. The molecule has 0 saturated heterocycles. The number of anilines is 1. The number of aromatic amines is 1. The molecule has 1 aromatic carbocycles. The average molecular weight is 544 g/mol. The van der Waals surface area contributed by atoms with Gasteiger partial charge in [0, 0.05) is 22.6 Å². The van der Waals surface area contributed by atoms with E-state index in [1.54, 1.807) is 32.0 Å². The smallest absolute Gasteiger partial charge is 0.294 e. The minimum atomic E-state index is -0.704. The van der Waals surface area contributed by atoms with E-state index in [1.165, 1.54) is 38.2 Å². The number of hydrogen-bond donors (Lipinski definition) is 3. The third kappa shape index (κ3) is 7.98. The first-order valence-corrected chi connectivity index (χ1v) is 13.6. The number of H-pyrrole nitrogens is 1. The van der Waals surface area contributed by atoms with Crippen molar-refractivity contribution in [2.45, 2.75) is 77.2 Å². The number of nitrogens with zero attached hydrogens (tertiary/aromatic N) is 3. The van der Waals surface area contributed by atoms with E-state index in [-0.39, 0.29) is 17.2 Å². The van der Waals surface area contributed by atoms with Crippen LogP contribution >= 0.6 is 11.6 Å². The number of carbonyl (C=O) groups is 1. The predicted octanol–water partition coefficient (Wildman–Crippen LogP) is 6.35. The van der Waals surface area contributed by atoms with Crippen molar-refractivity contribution in [2.24, 2.45) is 5.92 Å². The highest BCUT2D eigenvalue weighted by atomic mass is 35.5. The van der Waals surface area contributed by atoms with Crippen LogP contribution in [0.3, 0.4) is 0 Å².